The fourth-order valence-corrected chi connectivity index (χ4v) is 3.47. The molecule has 0 aliphatic carbocycles. The molecule has 1 unspecified atom stereocenters. The summed E-state index contributed by atoms with van der Waals surface area (Å²) < 4.78 is 16.6. The van der Waals surface area contributed by atoms with Crippen molar-refractivity contribution in [3.8, 4) is 11.5 Å². The van der Waals surface area contributed by atoms with Gasteiger partial charge in [-0.05, 0) is 55.5 Å². The third-order valence-electron chi connectivity index (χ3n) is 5.12. The normalized spacial score (nSPS) is 11.8. The van der Waals surface area contributed by atoms with Crippen molar-refractivity contribution in [2.45, 2.75) is 46.1 Å². The molecule has 186 valence electrons. The quantitative estimate of drug-likeness (QED) is 0.365. The van der Waals surface area contributed by atoms with E-state index in [0.717, 1.165) is 18.4 Å². The van der Waals surface area contributed by atoms with Gasteiger partial charge in [-0.25, -0.2) is 9.59 Å². The molecule has 1 N–H and O–H groups in total. The fourth-order valence-electron chi connectivity index (χ4n) is 3.30. The first-order valence-corrected chi connectivity index (χ1v) is 11.9. The number of ether oxygens (including phenoxy) is 3. The van der Waals surface area contributed by atoms with E-state index in [1.165, 1.54) is 0 Å². The lowest BCUT2D eigenvalue weighted by atomic mass is 10.1. The second-order valence-corrected chi connectivity index (χ2v) is 8.71. The van der Waals surface area contributed by atoms with E-state index in [9.17, 15) is 14.7 Å². The second kappa shape index (κ2) is 14.5. The third-order valence-corrected chi connectivity index (χ3v) is 5.43. The SMILES string of the molecule is CCOC(Cc1ccc(OCCN(CCCC(C)C)C(=O)Oc2ccccc2Cl)cc1)C(=O)O. The van der Waals surface area contributed by atoms with E-state index in [4.69, 9.17) is 25.8 Å². The lowest BCUT2D eigenvalue weighted by Crippen LogP contribution is -2.37. The minimum atomic E-state index is -0.983. The van der Waals surface area contributed by atoms with Gasteiger partial charge in [0, 0.05) is 19.6 Å². The number of aliphatic carboxylic acids is 1. The molecule has 8 heteroatoms. The number of hydrogen-bond acceptors (Lipinski definition) is 5. The van der Waals surface area contributed by atoms with Crippen LogP contribution in [-0.4, -0.2) is 54.5 Å². The van der Waals surface area contributed by atoms with Gasteiger partial charge in [0.15, 0.2) is 11.9 Å². The first kappa shape index (κ1) is 27.5. The van der Waals surface area contributed by atoms with Crippen molar-refractivity contribution in [3.05, 3.63) is 59.1 Å². The summed E-state index contributed by atoms with van der Waals surface area (Å²) in [6.45, 7) is 7.59. The van der Waals surface area contributed by atoms with Gasteiger partial charge in [-0.3, -0.25) is 0 Å². The van der Waals surface area contributed by atoms with E-state index in [-0.39, 0.29) is 13.0 Å². The predicted octanol–water partition coefficient (Wildman–Crippen LogP) is 5.69. The number of carbonyl (C=O) groups excluding carboxylic acids is 1. The van der Waals surface area contributed by atoms with Gasteiger partial charge in [-0.15, -0.1) is 0 Å². The minimum Gasteiger partial charge on any atom is -0.492 e. The highest BCUT2D eigenvalue weighted by Gasteiger charge is 2.19. The molecule has 7 nitrogen and oxygen atoms in total. The molecule has 0 aliphatic heterocycles. The Hall–Kier alpha value is -2.77. The number of nitrogens with zero attached hydrogens (tertiary/aromatic N) is 1. The molecule has 0 saturated carbocycles. The maximum Gasteiger partial charge on any atom is 0.415 e. The largest absolute Gasteiger partial charge is 0.492 e. The van der Waals surface area contributed by atoms with E-state index >= 15 is 0 Å². The number of rotatable bonds is 14. The van der Waals surface area contributed by atoms with Crippen molar-refractivity contribution >= 4 is 23.7 Å². The average molecular weight is 492 g/mol. The monoisotopic (exact) mass is 491 g/mol. The Bertz CT molecular complexity index is 902. The Labute approximate surface area is 206 Å². The Balaban J connectivity index is 1.92. The molecule has 1 atom stereocenters. The molecule has 1 amide bonds. The molecular weight excluding hydrogens is 458 g/mol. The van der Waals surface area contributed by atoms with Gasteiger partial charge in [-0.1, -0.05) is 49.7 Å². The summed E-state index contributed by atoms with van der Waals surface area (Å²) in [5, 5.41) is 9.61. The first-order chi connectivity index (χ1) is 16.3. The Kier molecular flexibility index (Phi) is 11.7. The summed E-state index contributed by atoms with van der Waals surface area (Å²) in [6.07, 6.45) is 0.791. The summed E-state index contributed by atoms with van der Waals surface area (Å²) in [7, 11) is 0. The maximum absolute atomic E-state index is 12.8. The van der Waals surface area contributed by atoms with Gasteiger partial charge < -0.3 is 24.2 Å². The third kappa shape index (κ3) is 9.61. The highest BCUT2D eigenvalue weighted by molar-refractivity contribution is 6.32. The van der Waals surface area contributed by atoms with E-state index in [1.807, 2.05) is 12.1 Å². The number of benzene rings is 2. The summed E-state index contributed by atoms with van der Waals surface area (Å²) in [5.74, 6) is 0.517. The number of para-hydroxylation sites is 1. The predicted molar refractivity (Wildman–Crippen MR) is 132 cm³/mol. The van der Waals surface area contributed by atoms with Crippen molar-refractivity contribution in [3.63, 3.8) is 0 Å². The van der Waals surface area contributed by atoms with Gasteiger partial charge in [0.25, 0.3) is 0 Å². The van der Waals surface area contributed by atoms with Crippen LogP contribution in [-0.2, 0) is 16.0 Å². The van der Waals surface area contributed by atoms with Crippen molar-refractivity contribution in [2.75, 3.05) is 26.3 Å². The van der Waals surface area contributed by atoms with Crippen LogP contribution in [0.3, 0.4) is 0 Å². The van der Waals surface area contributed by atoms with Gasteiger partial charge >= 0.3 is 12.1 Å². The average Bonchev–Trinajstić information content (AvgIpc) is 2.80. The molecule has 0 aliphatic rings. The number of amides is 1. The molecule has 0 spiro atoms. The lowest BCUT2D eigenvalue weighted by Gasteiger charge is -2.23. The van der Waals surface area contributed by atoms with Gasteiger partial charge in [-0.2, -0.15) is 0 Å². The minimum absolute atomic E-state index is 0.279. The summed E-state index contributed by atoms with van der Waals surface area (Å²) in [4.78, 5) is 25.7. The van der Waals surface area contributed by atoms with E-state index < -0.39 is 18.2 Å². The molecule has 0 radical (unpaired) electrons. The van der Waals surface area contributed by atoms with Crippen LogP contribution in [0.15, 0.2) is 48.5 Å². The number of hydrogen-bond donors (Lipinski definition) is 1. The van der Waals surface area contributed by atoms with Crippen molar-refractivity contribution in [2.24, 2.45) is 5.92 Å². The van der Waals surface area contributed by atoms with Gasteiger partial charge in [0.2, 0.25) is 0 Å². The molecule has 0 saturated heterocycles. The maximum atomic E-state index is 12.8. The number of halogens is 1. The topological polar surface area (TPSA) is 85.3 Å². The molecule has 0 fully saturated rings. The molecule has 2 rings (SSSR count). The Morgan fingerprint density at radius 2 is 1.76 bits per heavy atom. The highest BCUT2D eigenvalue weighted by Crippen LogP contribution is 2.24. The molecule has 0 heterocycles. The van der Waals surface area contributed by atoms with Crippen LogP contribution in [0.5, 0.6) is 11.5 Å². The van der Waals surface area contributed by atoms with Gasteiger partial charge in [0.1, 0.15) is 12.4 Å². The van der Waals surface area contributed by atoms with E-state index in [1.54, 1.807) is 48.2 Å². The first-order valence-electron chi connectivity index (χ1n) is 11.6. The summed E-state index contributed by atoms with van der Waals surface area (Å²) in [6, 6.07) is 14.1. The van der Waals surface area contributed by atoms with Crippen molar-refractivity contribution < 1.29 is 28.9 Å². The number of carbonyl (C=O) groups is 2. The van der Waals surface area contributed by atoms with Crippen LogP contribution < -0.4 is 9.47 Å². The van der Waals surface area contributed by atoms with Crippen molar-refractivity contribution in [1.82, 2.24) is 4.90 Å². The Morgan fingerprint density at radius 3 is 2.38 bits per heavy atom. The molecular formula is C26H34ClNO6. The summed E-state index contributed by atoms with van der Waals surface area (Å²) >= 11 is 6.12. The van der Waals surface area contributed by atoms with Crippen LogP contribution in [0.1, 0.15) is 39.2 Å². The summed E-state index contributed by atoms with van der Waals surface area (Å²) in [5.41, 5.74) is 0.840. The molecule has 34 heavy (non-hydrogen) atoms. The second-order valence-electron chi connectivity index (χ2n) is 8.30. The zero-order valence-electron chi connectivity index (χ0n) is 20.0. The molecule has 0 aromatic heterocycles. The fraction of sp³-hybridized carbons (Fsp3) is 0.462. The van der Waals surface area contributed by atoms with Crippen LogP contribution in [0.2, 0.25) is 5.02 Å². The molecule has 2 aromatic carbocycles. The van der Waals surface area contributed by atoms with Crippen molar-refractivity contribution in [1.29, 1.82) is 0 Å². The van der Waals surface area contributed by atoms with E-state index in [0.29, 0.717) is 42.1 Å². The standard InChI is InChI=1S/C26H34ClNO6/c1-4-32-24(25(29)30)18-20-11-13-21(14-12-20)33-17-16-28(15-7-8-19(2)3)26(31)34-23-10-6-5-9-22(23)27/h5-6,9-14,19,24H,4,7-8,15-18H2,1-3H3,(H,29,30). The Morgan fingerprint density at radius 1 is 1.06 bits per heavy atom. The number of carboxylic acids is 1. The smallest absolute Gasteiger partial charge is 0.415 e. The van der Waals surface area contributed by atoms with Crippen LogP contribution in [0, 0.1) is 5.92 Å². The zero-order valence-corrected chi connectivity index (χ0v) is 20.8. The zero-order chi connectivity index (χ0) is 24.9. The molecule has 2 aromatic rings. The van der Waals surface area contributed by atoms with Crippen LogP contribution in [0.25, 0.3) is 0 Å². The van der Waals surface area contributed by atoms with Crippen LogP contribution in [0.4, 0.5) is 4.79 Å². The molecule has 0 bridgehead atoms. The van der Waals surface area contributed by atoms with Crippen LogP contribution >= 0.6 is 11.6 Å². The van der Waals surface area contributed by atoms with E-state index in [2.05, 4.69) is 13.8 Å². The number of carboxylic acid groups (broad SMARTS) is 1. The van der Waals surface area contributed by atoms with Gasteiger partial charge in [0.05, 0.1) is 11.6 Å². The lowest BCUT2D eigenvalue weighted by molar-refractivity contribution is -0.149. The highest BCUT2D eigenvalue weighted by atomic mass is 35.5.